The summed E-state index contributed by atoms with van der Waals surface area (Å²) in [6.07, 6.45) is 1.69. The lowest BCUT2D eigenvalue weighted by Gasteiger charge is -2.07. The Balaban J connectivity index is 3.23. The molecule has 1 rings (SSSR count). The fourth-order valence-electron chi connectivity index (χ4n) is 1.29. The van der Waals surface area contributed by atoms with Crippen LogP contribution in [-0.4, -0.2) is 6.29 Å². The average Bonchev–Trinajstić information content (AvgIpc) is 2.16. The fraction of sp³-hybridized carbons (Fsp3) is 0.182. The minimum Gasteiger partial charge on any atom is -0.399 e. The largest absolute Gasteiger partial charge is 0.399 e. The first-order valence-corrected chi connectivity index (χ1v) is 4.22. The van der Waals surface area contributed by atoms with E-state index in [4.69, 9.17) is 5.73 Å². The van der Waals surface area contributed by atoms with Gasteiger partial charge in [-0.05, 0) is 23.6 Å². The van der Waals surface area contributed by atoms with E-state index in [1.165, 1.54) is 0 Å². The summed E-state index contributed by atoms with van der Waals surface area (Å²) in [7, 11) is 0. The van der Waals surface area contributed by atoms with E-state index in [2.05, 4.69) is 6.58 Å². The van der Waals surface area contributed by atoms with E-state index in [9.17, 15) is 4.79 Å². The van der Waals surface area contributed by atoms with E-state index in [0.29, 0.717) is 11.3 Å². The van der Waals surface area contributed by atoms with Gasteiger partial charge in [0, 0.05) is 11.3 Å². The van der Waals surface area contributed by atoms with Gasteiger partial charge in [-0.1, -0.05) is 25.6 Å². The number of aryl methyl sites for hydroxylation is 1. The summed E-state index contributed by atoms with van der Waals surface area (Å²) in [5.41, 5.74) is 8.84. The number of carbonyl (C=O) groups excluding carboxylic acids is 1. The first-order chi connectivity index (χ1) is 6.19. The van der Waals surface area contributed by atoms with E-state index in [-0.39, 0.29) is 0 Å². The molecule has 0 unspecified atom stereocenters. The Kier molecular flexibility index (Phi) is 2.85. The molecule has 2 nitrogen and oxygen atoms in total. The van der Waals surface area contributed by atoms with Crippen LogP contribution in [-0.2, 0) is 6.42 Å². The highest BCUT2D eigenvalue weighted by Gasteiger charge is 2.02. The van der Waals surface area contributed by atoms with Gasteiger partial charge >= 0.3 is 0 Å². The van der Waals surface area contributed by atoms with Gasteiger partial charge < -0.3 is 5.73 Å². The second-order valence-corrected chi connectivity index (χ2v) is 2.91. The fourth-order valence-corrected chi connectivity index (χ4v) is 1.29. The molecule has 0 fully saturated rings. The first-order valence-electron chi connectivity index (χ1n) is 4.22. The maximum Gasteiger partial charge on any atom is 0.150 e. The van der Waals surface area contributed by atoms with Gasteiger partial charge in [0.1, 0.15) is 6.29 Å². The molecule has 68 valence electrons. The molecule has 1 aromatic rings. The molecule has 0 amide bonds. The molecule has 0 aliphatic carbocycles. The van der Waals surface area contributed by atoms with Crippen LogP contribution in [0, 0.1) is 0 Å². The molecule has 0 bridgehead atoms. The molecular weight excluding hydrogens is 162 g/mol. The monoisotopic (exact) mass is 175 g/mol. The molecule has 1 aromatic carbocycles. The van der Waals surface area contributed by atoms with Crippen LogP contribution in [0.3, 0.4) is 0 Å². The Labute approximate surface area is 78.1 Å². The number of hydrogen-bond donors (Lipinski definition) is 1. The van der Waals surface area contributed by atoms with Gasteiger partial charge in [-0.15, -0.1) is 0 Å². The van der Waals surface area contributed by atoms with E-state index in [0.717, 1.165) is 23.8 Å². The molecule has 2 N–H and O–H groups in total. The van der Waals surface area contributed by atoms with Gasteiger partial charge in [0.05, 0.1) is 0 Å². The second kappa shape index (κ2) is 3.90. The van der Waals surface area contributed by atoms with Gasteiger partial charge in [0.2, 0.25) is 0 Å². The summed E-state index contributed by atoms with van der Waals surface area (Å²) in [6, 6.07) is 5.44. The van der Waals surface area contributed by atoms with Crippen molar-refractivity contribution in [2.75, 3.05) is 0 Å². The molecule has 2 heteroatoms. The minimum atomic E-state index is 0.550. The Morgan fingerprint density at radius 1 is 1.62 bits per heavy atom. The molecular formula is C11H13NO. The summed E-state index contributed by atoms with van der Waals surface area (Å²) in [4.78, 5) is 10.5. The molecule has 0 saturated heterocycles. The molecule has 0 aliphatic rings. The van der Waals surface area contributed by atoms with Crippen molar-refractivity contribution in [3.63, 3.8) is 0 Å². The number of carbonyl (C=O) groups is 1. The number of aldehydes is 1. The van der Waals surface area contributed by atoms with Crippen molar-refractivity contribution in [2.24, 2.45) is 5.73 Å². The van der Waals surface area contributed by atoms with Gasteiger partial charge in [-0.3, -0.25) is 4.79 Å². The van der Waals surface area contributed by atoms with Crippen LogP contribution in [0.25, 0.3) is 5.70 Å². The third-order valence-electron chi connectivity index (χ3n) is 1.99. The first kappa shape index (κ1) is 9.52. The zero-order valence-corrected chi connectivity index (χ0v) is 7.71. The van der Waals surface area contributed by atoms with Crippen LogP contribution in [0.1, 0.15) is 28.4 Å². The summed E-state index contributed by atoms with van der Waals surface area (Å²) >= 11 is 0. The van der Waals surface area contributed by atoms with Crippen molar-refractivity contribution < 1.29 is 4.79 Å². The van der Waals surface area contributed by atoms with Gasteiger partial charge in [0.25, 0.3) is 0 Å². The van der Waals surface area contributed by atoms with Crippen molar-refractivity contribution in [3.05, 3.63) is 41.5 Å². The van der Waals surface area contributed by atoms with E-state index in [1.807, 2.05) is 19.1 Å². The van der Waals surface area contributed by atoms with Crippen LogP contribution >= 0.6 is 0 Å². The van der Waals surface area contributed by atoms with Crippen molar-refractivity contribution in [3.8, 4) is 0 Å². The van der Waals surface area contributed by atoms with E-state index < -0.39 is 0 Å². The molecule has 13 heavy (non-hydrogen) atoms. The lowest BCUT2D eigenvalue weighted by Crippen LogP contribution is -1.99. The second-order valence-electron chi connectivity index (χ2n) is 2.91. The zero-order valence-electron chi connectivity index (χ0n) is 7.71. The quantitative estimate of drug-likeness (QED) is 0.714. The SMILES string of the molecule is C=C(N)c1ccc(C=O)cc1CC. The Morgan fingerprint density at radius 3 is 2.77 bits per heavy atom. The summed E-state index contributed by atoms with van der Waals surface area (Å²) < 4.78 is 0. The zero-order chi connectivity index (χ0) is 9.84. The highest BCUT2D eigenvalue weighted by molar-refractivity contribution is 5.77. The third-order valence-corrected chi connectivity index (χ3v) is 1.99. The van der Waals surface area contributed by atoms with Crippen molar-refractivity contribution in [1.29, 1.82) is 0 Å². The number of benzene rings is 1. The minimum absolute atomic E-state index is 0.550. The standard InChI is InChI=1S/C11H13NO/c1-3-10-6-9(7-13)4-5-11(10)8(2)12/h4-7H,2-3,12H2,1H3. The van der Waals surface area contributed by atoms with Crippen LogP contribution in [0.2, 0.25) is 0 Å². The van der Waals surface area contributed by atoms with Gasteiger partial charge in [-0.2, -0.15) is 0 Å². The smallest absolute Gasteiger partial charge is 0.150 e. The Morgan fingerprint density at radius 2 is 2.31 bits per heavy atom. The number of hydrogen-bond acceptors (Lipinski definition) is 2. The molecule has 0 aromatic heterocycles. The summed E-state index contributed by atoms with van der Waals surface area (Å²) in [5.74, 6) is 0. The maximum absolute atomic E-state index is 10.5. The number of nitrogens with two attached hydrogens (primary N) is 1. The predicted molar refractivity (Wildman–Crippen MR) is 54.4 cm³/mol. The molecule has 0 heterocycles. The normalized spacial score (nSPS) is 9.62. The Bertz CT molecular complexity index is 342. The lowest BCUT2D eigenvalue weighted by atomic mass is 10.0. The summed E-state index contributed by atoms with van der Waals surface area (Å²) in [5, 5.41) is 0. The van der Waals surface area contributed by atoms with Gasteiger partial charge in [-0.25, -0.2) is 0 Å². The van der Waals surface area contributed by atoms with Gasteiger partial charge in [0.15, 0.2) is 0 Å². The number of rotatable bonds is 3. The molecule has 0 atom stereocenters. The average molecular weight is 175 g/mol. The van der Waals surface area contributed by atoms with Crippen molar-refractivity contribution >= 4 is 12.0 Å². The molecule has 0 radical (unpaired) electrons. The molecule has 0 saturated carbocycles. The van der Waals surface area contributed by atoms with Crippen LogP contribution in [0.4, 0.5) is 0 Å². The molecule has 0 spiro atoms. The van der Waals surface area contributed by atoms with Crippen molar-refractivity contribution in [1.82, 2.24) is 0 Å². The summed E-state index contributed by atoms with van der Waals surface area (Å²) in [6.45, 7) is 5.70. The highest BCUT2D eigenvalue weighted by atomic mass is 16.1. The van der Waals surface area contributed by atoms with Crippen LogP contribution in [0.5, 0.6) is 0 Å². The third kappa shape index (κ3) is 1.96. The van der Waals surface area contributed by atoms with Crippen molar-refractivity contribution in [2.45, 2.75) is 13.3 Å². The van der Waals surface area contributed by atoms with Crippen LogP contribution in [0.15, 0.2) is 24.8 Å². The topological polar surface area (TPSA) is 43.1 Å². The maximum atomic E-state index is 10.5. The molecule has 0 aliphatic heterocycles. The Hall–Kier alpha value is -1.57. The van der Waals surface area contributed by atoms with E-state index >= 15 is 0 Å². The predicted octanol–water partition coefficient (Wildman–Crippen LogP) is 1.99. The van der Waals surface area contributed by atoms with Crippen LogP contribution < -0.4 is 5.73 Å². The lowest BCUT2D eigenvalue weighted by molar-refractivity contribution is 0.112. The highest BCUT2D eigenvalue weighted by Crippen LogP contribution is 2.16. The van der Waals surface area contributed by atoms with E-state index in [1.54, 1.807) is 6.07 Å².